The summed E-state index contributed by atoms with van der Waals surface area (Å²) in [7, 11) is 0. The molecule has 39 heavy (non-hydrogen) atoms. The second-order valence-corrected chi connectivity index (χ2v) is 10.7. The lowest BCUT2D eigenvalue weighted by atomic mass is 9.64. The molecule has 2 aliphatic heterocycles. The second-order valence-electron chi connectivity index (χ2n) is 9.69. The van der Waals surface area contributed by atoms with Gasteiger partial charge in [-0.2, -0.15) is 13.2 Å². The number of amides is 1. The molecule has 1 amide bonds. The number of benzene rings is 1. The van der Waals surface area contributed by atoms with E-state index in [2.05, 4.69) is 4.98 Å². The quantitative estimate of drug-likeness (QED) is 0.192. The lowest BCUT2D eigenvalue weighted by molar-refractivity contribution is -0.384. The number of nitro groups is 1. The van der Waals surface area contributed by atoms with Gasteiger partial charge in [-0.15, -0.1) is 11.3 Å². The minimum atomic E-state index is -5.18. The maximum absolute atomic E-state index is 13.1. The third-order valence-electron chi connectivity index (χ3n) is 7.21. The average molecular weight is 564 g/mol. The number of halogens is 3. The fraction of sp³-hybridized carbons (Fsp3) is 0.333. The number of carboxylic acids is 1. The monoisotopic (exact) mass is 564 g/mol. The molecule has 204 valence electrons. The van der Waals surface area contributed by atoms with Crippen molar-refractivity contribution in [3.05, 3.63) is 68.7 Å². The molecule has 0 spiro atoms. The molecule has 5 rings (SSSR count). The maximum Gasteiger partial charge on any atom is 0.456 e. The molecule has 0 unspecified atom stereocenters. The van der Waals surface area contributed by atoms with Gasteiger partial charge in [-0.25, -0.2) is 9.78 Å². The summed E-state index contributed by atoms with van der Waals surface area (Å²) in [6.45, 7) is 3.08. The van der Waals surface area contributed by atoms with Crippen molar-refractivity contribution in [1.29, 1.82) is 0 Å². The minimum absolute atomic E-state index is 0.0775. The van der Waals surface area contributed by atoms with Gasteiger partial charge in [0.1, 0.15) is 16.9 Å². The molecule has 2 aliphatic rings. The van der Waals surface area contributed by atoms with E-state index in [1.54, 1.807) is 6.92 Å². The standard InChI is InChI=1S/C24H19F3N4O7S/c1-10(32)14-18-23(2,7-11-3-5-12(6-4-11)31(37)38)15(17(22(35)36)30(18)20(14)34)13-8-29-9-28-16(21(29)39-13)19(33)24(25,26)27/h3-6,8-10,14,18,32H,7H2,1-2H3,(H,35,36)/t10-,14-,18-,23+/m1/s1. The molecule has 15 heteroatoms. The predicted molar refractivity (Wildman–Crippen MR) is 129 cm³/mol. The van der Waals surface area contributed by atoms with Crippen LogP contribution in [-0.4, -0.2) is 65.4 Å². The highest BCUT2D eigenvalue weighted by molar-refractivity contribution is 7.18. The van der Waals surface area contributed by atoms with E-state index in [1.165, 1.54) is 41.8 Å². The normalized spacial score (nSPS) is 23.6. The van der Waals surface area contributed by atoms with Gasteiger partial charge in [-0.05, 0) is 18.9 Å². The van der Waals surface area contributed by atoms with Crippen LogP contribution < -0.4 is 0 Å². The Balaban J connectivity index is 1.69. The molecule has 2 aromatic heterocycles. The third-order valence-corrected chi connectivity index (χ3v) is 8.34. The molecule has 1 saturated heterocycles. The Hall–Kier alpha value is -4.11. The van der Waals surface area contributed by atoms with E-state index in [4.69, 9.17) is 0 Å². The van der Waals surface area contributed by atoms with Crippen LogP contribution in [0.3, 0.4) is 0 Å². The number of hydrogen-bond donors (Lipinski definition) is 2. The van der Waals surface area contributed by atoms with E-state index < -0.39 is 57.9 Å². The number of alkyl halides is 3. The highest BCUT2D eigenvalue weighted by atomic mass is 32.1. The minimum Gasteiger partial charge on any atom is -0.477 e. The highest BCUT2D eigenvalue weighted by Gasteiger charge is 2.66. The topological polar surface area (TPSA) is 155 Å². The van der Waals surface area contributed by atoms with Crippen LogP contribution in [0, 0.1) is 21.4 Å². The first-order chi connectivity index (χ1) is 18.2. The summed E-state index contributed by atoms with van der Waals surface area (Å²) in [5, 5.41) is 31.6. The fourth-order valence-electron chi connectivity index (χ4n) is 5.62. The molecule has 4 heterocycles. The van der Waals surface area contributed by atoms with E-state index in [9.17, 15) is 47.9 Å². The summed E-state index contributed by atoms with van der Waals surface area (Å²) < 4.78 is 40.6. The van der Waals surface area contributed by atoms with Gasteiger partial charge in [-0.3, -0.25) is 24.1 Å². The molecular weight excluding hydrogens is 545 g/mol. The van der Waals surface area contributed by atoms with Crippen molar-refractivity contribution in [2.75, 3.05) is 0 Å². The predicted octanol–water partition coefficient (Wildman–Crippen LogP) is 3.32. The smallest absolute Gasteiger partial charge is 0.456 e. The number of Topliss-reactive ketones (excluding diaryl/α,β-unsaturated/α-hetero) is 1. The number of hydrogen-bond acceptors (Lipinski definition) is 8. The van der Waals surface area contributed by atoms with Crippen LogP contribution in [0.15, 0.2) is 42.5 Å². The van der Waals surface area contributed by atoms with Gasteiger partial charge in [0, 0.05) is 29.3 Å². The van der Waals surface area contributed by atoms with Gasteiger partial charge in [0.2, 0.25) is 5.91 Å². The largest absolute Gasteiger partial charge is 0.477 e. The van der Waals surface area contributed by atoms with Gasteiger partial charge >= 0.3 is 12.1 Å². The number of aromatic nitrogens is 2. The lowest BCUT2D eigenvalue weighted by Gasteiger charge is -2.51. The Labute approximate surface area is 220 Å². The number of carboxylic acid groups (broad SMARTS) is 1. The fourth-order valence-corrected chi connectivity index (χ4v) is 6.87. The van der Waals surface area contributed by atoms with E-state index in [0.29, 0.717) is 5.56 Å². The zero-order valence-electron chi connectivity index (χ0n) is 20.2. The Bertz CT molecular complexity index is 1590. The van der Waals surface area contributed by atoms with Crippen molar-refractivity contribution in [1.82, 2.24) is 14.3 Å². The van der Waals surface area contributed by atoms with Crippen molar-refractivity contribution in [3.63, 3.8) is 0 Å². The van der Waals surface area contributed by atoms with Crippen LogP contribution in [0.5, 0.6) is 0 Å². The maximum atomic E-state index is 13.1. The van der Waals surface area contributed by atoms with Crippen LogP contribution in [-0.2, 0) is 16.0 Å². The first-order valence-electron chi connectivity index (χ1n) is 11.5. The number of ketones is 1. The summed E-state index contributed by atoms with van der Waals surface area (Å²) in [4.78, 5) is 52.7. The van der Waals surface area contributed by atoms with E-state index >= 15 is 0 Å². The van der Waals surface area contributed by atoms with Gasteiger partial charge < -0.3 is 15.1 Å². The molecule has 3 aromatic rings. The summed E-state index contributed by atoms with van der Waals surface area (Å²) in [5.74, 6) is -5.19. The van der Waals surface area contributed by atoms with Crippen LogP contribution in [0.1, 0.15) is 34.8 Å². The van der Waals surface area contributed by atoms with Crippen LogP contribution in [0.2, 0.25) is 0 Å². The molecule has 2 N–H and O–H groups in total. The van der Waals surface area contributed by atoms with E-state index in [0.717, 1.165) is 22.6 Å². The molecule has 0 bridgehead atoms. The number of imidazole rings is 1. The average Bonchev–Trinajstić information content (AvgIpc) is 3.46. The summed E-state index contributed by atoms with van der Waals surface area (Å²) in [6, 6.07) is 4.72. The number of thiazole rings is 1. The molecule has 0 saturated carbocycles. The number of carbonyl (C=O) groups is 3. The molecule has 0 radical (unpaired) electrons. The highest BCUT2D eigenvalue weighted by Crippen LogP contribution is 2.59. The SMILES string of the molecule is C[C@@H](O)[C@H]1C(=O)N2C(C(=O)O)=C(c3cn4cnc(C(=O)C(F)(F)F)c4s3)[C@](C)(Cc3ccc([N+](=O)[O-])cc3)[C@@H]12. The van der Waals surface area contributed by atoms with Crippen molar-refractivity contribution in [3.8, 4) is 0 Å². The number of aliphatic hydroxyl groups is 1. The summed E-state index contributed by atoms with van der Waals surface area (Å²) >= 11 is 0.724. The first-order valence-corrected chi connectivity index (χ1v) is 12.3. The molecule has 4 atom stereocenters. The number of fused-ring (bicyclic) bond motifs is 2. The number of aliphatic hydroxyl groups excluding tert-OH is 1. The summed E-state index contributed by atoms with van der Waals surface area (Å²) in [6.07, 6.45) is -3.88. The van der Waals surface area contributed by atoms with Crippen molar-refractivity contribution < 1.29 is 42.7 Å². The number of rotatable bonds is 7. The summed E-state index contributed by atoms with van der Waals surface area (Å²) in [5.41, 5.74) is -1.88. The number of aliphatic carboxylic acids is 1. The van der Waals surface area contributed by atoms with Gasteiger partial charge in [0.25, 0.3) is 11.5 Å². The van der Waals surface area contributed by atoms with Crippen LogP contribution in [0.4, 0.5) is 18.9 Å². The Kier molecular flexibility index (Phi) is 5.91. The zero-order chi connectivity index (χ0) is 28.6. The van der Waals surface area contributed by atoms with E-state index in [1.807, 2.05) is 0 Å². The second kappa shape index (κ2) is 8.71. The van der Waals surface area contributed by atoms with Crippen molar-refractivity contribution in [2.45, 2.75) is 38.6 Å². The number of carbonyl (C=O) groups excluding carboxylic acids is 2. The lowest BCUT2D eigenvalue weighted by Crippen LogP contribution is -2.66. The molecule has 1 fully saturated rings. The number of non-ortho nitro benzene ring substituents is 1. The van der Waals surface area contributed by atoms with E-state index in [-0.39, 0.29) is 33.1 Å². The molecule has 0 aliphatic carbocycles. The van der Waals surface area contributed by atoms with Crippen LogP contribution >= 0.6 is 11.3 Å². The van der Waals surface area contributed by atoms with Crippen molar-refractivity contribution in [2.24, 2.45) is 11.3 Å². The zero-order valence-corrected chi connectivity index (χ0v) is 21.0. The molecule has 1 aromatic carbocycles. The Morgan fingerprint density at radius 1 is 1.28 bits per heavy atom. The van der Waals surface area contributed by atoms with Gasteiger partial charge in [0.15, 0.2) is 5.69 Å². The molecule has 11 nitrogen and oxygen atoms in total. The van der Waals surface area contributed by atoms with Gasteiger partial charge in [-0.1, -0.05) is 19.1 Å². The van der Waals surface area contributed by atoms with Gasteiger partial charge in [0.05, 0.1) is 27.9 Å². The van der Waals surface area contributed by atoms with Crippen molar-refractivity contribution >= 4 is 45.1 Å². The number of nitrogens with zero attached hydrogens (tertiary/aromatic N) is 4. The Morgan fingerprint density at radius 3 is 2.46 bits per heavy atom. The first kappa shape index (κ1) is 26.5. The van der Waals surface area contributed by atoms with Crippen LogP contribution in [0.25, 0.3) is 10.4 Å². The Morgan fingerprint density at radius 2 is 1.92 bits per heavy atom. The molecular formula is C24H19F3N4O7S. The third kappa shape index (κ3) is 3.91. The number of β-lactam (4-membered cyclic amide) rings is 1. The number of nitro benzene ring substituents is 1.